The lowest BCUT2D eigenvalue weighted by atomic mass is 9.44. The maximum Gasteiger partial charge on any atom is 0.153 e. The SMILES string of the molecule is CC1=C(C)[C@]2(C)[C+](C)[C@@]1(C)C2(C)Cl. The van der Waals surface area contributed by atoms with E-state index in [2.05, 4.69) is 41.5 Å². The molecule has 0 aromatic rings. The number of alkyl halides is 1. The molecule has 1 fully saturated rings. The van der Waals surface area contributed by atoms with Crippen LogP contribution in [0.2, 0.25) is 0 Å². The summed E-state index contributed by atoms with van der Waals surface area (Å²) in [6.45, 7) is 13.5. The Morgan fingerprint density at radius 2 is 1.31 bits per heavy atom. The van der Waals surface area contributed by atoms with Gasteiger partial charge in [0.25, 0.3) is 0 Å². The molecule has 2 bridgehead atoms. The first-order valence-corrected chi connectivity index (χ1v) is 5.32. The molecule has 1 heteroatoms. The van der Waals surface area contributed by atoms with Gasteiger partial charge in [-0.2, -0.15) is 0 Å². The van der Waals surface area contributed by atoms with Crippen molar-refractivity contribution in [1.29, 1.82) is 0 Å². The van der Waals surface area contributed by atoms with E-state index in [0.717, 1.165) is 0 Å². The quantitative estimate of drug-likeness (QED) is 0.313. The Hall–Kier alpha value is -0.100. The highest BCUT2D eigenvalue weighted by Gasteiger charge is 2.87. The highest BCUT2D eigenvalue weighted by atomic mass is 35.5. The molecule has 0 aliphatic heterocycles. The van der Waals surface area contributed by atoms with Crippen molar-refractivity contribution in [1.82, 2.24) is 0 Å². The summed E-state index contributed by atoms with van der Waals surface area (Å²) in [4.78, 5) is -0.0990. The van der Waals surface area contributed by atoms with E-state index in [9.17, 15) is 0 Å². The van der Waals surface area contributed by atoms with Gasteiger partial charge >= 0.3 is 0 Å². The van der Waals surface area contributed by atoms with E-state index in [4.69, 9.17) is 11.6 Å². The third-order valence-corrected chi connectivity index (χ3v) is 6.20. The average Bonchev–Trinajstić information content (AvgIpc) is 2.26. The molecule has 0 N–H and O–H groups in total. The monoisotopic (exact) mass is 197 g/mol. The molecule has 0 saturated heterocycles. The number of halogens is 1. The van der Waals surface area contributed by atoms with Crippen LogP contribution in [0.25, 0.3) is 0 Å². The van der Waals surface area contributed by atoms with E-state index in [1.165, 1.54) is 11.1 Å². The van der Waals surface area contributed by atoms with Crippen molar-refractivity contribution in [2.45, 2.75) is 46.4 Å². The number of rotatable bonds is 0. The number of hydrogen-bond acceptors (Lipinski definition) is 0. The summed E-state index contributed by atoms with van der Waals surface area (Å²) in [5.74, 6) is 1.55. The van der Waals surface area contributed by atoms with Crippen LogP contribution >= 0.6 is 11.6 Å². The minimum absolute atomic E-state index is 0.0990. The summed E-state index contributed by atoms with van der Waals surface area (Å²) in [5.41, 5.74) is 3.27. The van der Waals surface area contributed by atoms with E-state index in [-0.39, 0.29) is 15.7 Å². The third kappa shape index (κ3) is 0.554. The molecule has 0 radical (unpaired) electrons. The molecule has 3 aliphatic carbocycles. The molecule has 72 valence electrons. The van der Waals surface area contributed by atoms with Crippen molar-refractivity contribution in [2.24, 2.45) is 10.8 Å². The molecule has 0 heterocycles. The molecule has 0 aromatic carbocycles. The van der Waals surface area contributed by atoms with Crippen molar-refractivity contribution in [2.75, 3.05) is 0 Å². The van der Waals surface area contributed by atoms with Crippen LogP contribution in [0.15, 0.2) is 11.1 Å². The van der Waals surface area contributed by atoms with Gasteiger partial charge in [0, 0.05) is 0 Å². The average molecular weight is 198 g/mol. The molecular formula is C12H18Cl+. The second-order valence-corrected chi connectivity index (χ2v) is 5.88. The Balaban J connectivity index is 2.64. The van der Waals surface area contributed by atoms with Crippen LogP contribution < -0.4 is 0 Å². The van der Waals surface area contributed by atoms with Crippen LogP contribution in [0.3, 0.4) is 0 Å². The second-order valence-electron chi connectivity index (χ2n) is 5.13. The Labute approximate surface area is 86.4 Å². The van der Waals surface area contributed by atoms with Gasteiger partial charge in [0.15, 0.2) is 10.8 Å². The first kappa shape index (κ1) is 9.45. The zero-order valence-corrected chi connectivity index (χ0v) is 10.1. The van der Waals surface area contributed by atoms with Gasteiger partial charge in [0.05, 0.1) is 6.92 Å². The first-order chi connectivity index (χ1) is 5.72. The molecule has 0 amide bonds. The van der Waals surface area contributed by atoms with Crippen LogP contribution in [0.5, 0.6) is 0 Å². The Bertz CT molecular complexity index is 285. The molecule has 3 rings (SSSR count). The lowest BCUT2D eigenvalue weighted by Gasteiger charge is -2.54. The van der Waals surface area contributed by atoms with Gasteiger partial charge in [-0.1, -0.05) is 0 Å². The van der Waals surface area contributed by atoms with Gasteiger partial charge in [-0.25, -0.2) is 0 Å². The van der Waals surface area contributed by atoms with Gasteiger partial charge in [0.1, 0.15) is 10.8 Å². The Kier molecular flexibility index (Phi) is 1.42. The number of hydrogen-bond donors (Lipinski definition) is 0. The first-order valence-electron chi connectivity index (χ1n) is 4.94. The van der Waals surface area contributed by atoms with Crippen molar-refractivity contribution in [3.63, 3.8) is 0 Å². The molecule has 1 saturated carbocycles. The van der Waals surface area contributed by atoms with E-state index in [0.29, 0.717) is 0 Å². The minimum Gasteiger partial charge on any atom is -0.108 e. The summed E-state index contributed by atoms with van der Waals surface area (Å²) < 4.78 is 0. The maximum atomic E-state index is 6.67. The minimum atomic E-state index is -0.0990. The van der Waals surface area contributed by atoms with Gasteiger partial charge in [-0.3, -0.25) is 0 Å². The summed E-state index contributed by atoms with van der Waals surface area (Å²) in [6.07, 6.45) is 0. The molecule has 0 spiro atoms. The fourth-order valence-corrected chi connectivity index (χ4v) is 4.23. The van der Waals surface area contributed by atoms with Crippen LogP contribution in [0, 0.1) is 16.7 Å². The van der Waals surface area contributed by atoms with Crippen LogP contribution in [-0.2, 0) is 0 Å². The van der Waals surface area contributed by atoms with Crippen LogP contribution in [-0.4, -0.2) is 4.87 Å². The molecule has 13 heavy (non-hydrogen) atoms. The molecule has 3 atom stereocenters. The van der Waals surface area contributed by atoms with Gasteiger partial charge in [0.2, 0.25) is 0 Å². The summed E-state index contributed by atoms with van der Waals surface area (Å²) in [6, 6.07) is 0. The van der Waals surface area contributed by atoms with Gasteiger partial charge < -0.3 is 0 Å². The summed E-state index contributed by atoms with van der Waals surface area (Å²) >= 11 is 6.67. The van der Waals surface area contributed by atoms with Crippen molar-refractivity contribution in [3.8, 4) is 0 Å². The second kappa shape index (κ2) is 1.95. The third-order valence-electron chi connectivity index (χ3n) is 5.44. The smallest absolute Gasteiger partial charge is 0.108 e. The zero-order chi connectivity index (χ0) is 10.2. The van der Waals surface area contributed by atoms with Crippen molar-refractivity contribution in [3.05, 3.63) is 17.1 Å². The molecular weight excluding hydrogens is 180 g/mol. The van der Waals surface area contributed by atoms with Crippen LogP contribution in [0.1, 0.15) is 41.5 Å². The topological polar surface area (TPSA) is 0 Å². The summed E-state index contributed by atoms with van der Waals surface area (Å²) in [5, 5.41) is 0. The lowest BCUT2D eigenvalue weighted by Crippen LogP contribution is -2.64. The standard InChI is InChI=1S/C12H18Cl/c1-7-8(2)11(5)9(3)10(7,4)12(11,6)13/h1-6H3/q+1/t10-,11+,12?. The van der Waals surface area contributed by atoms with Crippen LogP contribution in [0.4, 0.5) is 0 Å². The predicted octanol–water partition coefficient (Wildman–Crippen LogP) is 3.95. The predicted molar refractivity (Wildman–Crippen MR) is 57.8 cm³/mol. The van der Waals surface area contributed by atoms with Gasteiger partial charge in [-0.05, 0) is 45.8 Å². The lowest BCUT2D eigenvalue weighted by molar-refractivity contribution is 0.0704. The maximum absolute atomic E-state index is 6.67. The molecule has 1 unspecified atom stereocenters. The van der Waals surface area contributed by atoms with Crippen molar-refractivity contribution >= 4 is 11.6 Å². The highest BCUT2D eigenvalue weighted by molar-refractivity contribution is 6.27. The Morgan fingerprint density at radius 3 is 1.38 bits per heavy atom. The highest BCUT2D eigenvalue weighted by Crippen LogP contribution is 2.81. The molecule has 3 aliphatic rings. The number of allylic oxidation sites excluding steroid dienone is 2. The largest absolute Gasteiger partial charge is 0.153 e. The van der Waals surface area contributed by atoms with Crippen molar-refractivity contribution < 1.29 is 0 Å². The normalized spacial score (nSPS) is 54.2. The van der Waals surface area contributed by atoms with Gasteiger partial charge in [-0.15, -0.1) is 11.6 Å². The summed E-state index contributed by atoms with van der Waals surface area (Å²) in [7, 11) is 0. The van der Waals surface area contributed by atoms with E-state index < -0.39 is 0 Å². The van der Waals surface area contributed by atoms with E-state index >= 15 is 0 Å². The molecule has 0 aromatic heterocycles. The fourth-order valence-electron chi connectivity index (χ4n) is 3.66. The Morgan fingerprint density at radius 1 is 1.00 bits per heavy atom. The molecule has 0 nitrogen and oxygen atoms in total. The van der Waals surface area contributed by atoms with E-state index in [1.54, 1.807) is 5.92 Å². The fraction of sp³-hybridized carbons (Fsp3) is 0.750. The van der Waals surface area contributed by atoms with E-state index in [1.807, 2.05) is 0 Å². The zero-order valence-electron chi connectivity index (χ0n) is 9.38.